The molecule has 2 atom stereocenters. The zero-order valence-electron chi connectivity index (χ0n) is 39.8. The molecule has 1 amide bonds. The molecule has 2 unspecified atom stereocenters. The Balaban J connectivity index is 3.52. The number of carbonyl (C=O) groups is 1. The van der Waals surface area contributed by atoms with E-state index in [9.17, 15) is 15.0 Å². The first kappa shape index (κ1) is 57.3. The highest BCUT2D eigenvalue weighted by atomic mass is 16.3. The maximum atomic E-state index is 12.4. The Morgan fingerprint density at radius 2 is 0.661 bits per heavy atom. The van der Waals surface area contributed by atoms with E-state index in [1.54, 1.807) is 6.08 Å². The molecule has 0 saturated carbocycles. The minimum absolute atomic E-state index is 0.0750. The Hall–Kier alpha value is -1.65. The van der Waals surface area contributed by atoms with Gasteiger partial charge in [0.2, 0.25) is 5.91 Å². The van der Waals surface area contributed by atoms with Crippen molar-refractivity contribution < 1.29 is 15.0 Å². The molecule has 0 spiro atoms. The summed E-state index contributed by atoms with van der Waals surface area (Å²) >= 11 is 0. The molecule has 0 aromatic heterocycles. The normalized spacial score (nSPS) is 13.2. The predicted molar refractivity (Wildman–Crippen MR) is 262 cm³/mol. The summed E-state index contributed by atoms with van der Waals surface area (Å²) in [6.07, 6.45) is 69.7. The van der Waals surface area contributed by atoms with Crippen molar-refractivity contribution in [2.24, 2.45) is 0 Å². The minimum Gasteiger partial charge on any atom is -0.394 e. The lowest BCUT2D eigenvalue weighted by Gasteiger charge is -2.19. The summed E-state index contributed by atoms with van der Waals surface area (Å²) in [6.45, 7) is 4.31. The van der Waals surface area contributed by atoms with Crippen molar-refractivity contribution in [3.05, 3.63) is 48.6 Å². The minimum atomic E-state index is -0.870. The van der Waals surface area contributed by atoms with Gasteiger partial charge in [0.25, 0.3) is 0 Å². The molecule has 0 saturated heterocycles. The third-order valence-corrected chi connectivity index (χ3v) is 12.0. The van der Waals surface area contributed by atoms with Crippen LogP contribution in [0.3, 0.4) is 0 Å². The van der Waals surface area contributed by atoms with Gasteiger partial charge in [-0.1, -0.05) is 249 Å². The number of allylic oxidation sites excluding steroid dienone is 7. The number of hydrogen-bond acceptors (Lipinski definition) is 3. The lowest BCUT2D eigenvalue weighted by Crippen LogP contribution is -2.45. The lowest BCUT2D eigenvalue weighted by atomic mass is 10.0. The molecule has 0 aliphatic heterocycles. The van der Waals surface area contributed by atoms with Crippen molar-refractivity contribution in [1.29, 1.82) is 0 Å². The Kier molecular flexibility index (Phi) is 49.3. The molecular weight excluding hydrogens is 723 g/mol. The Bertz CT molecular complexity index is 939. The second kappa shape index (κ2) is 50.7. The summed E-state index contributed by atoms with van der Waals surface area (Å²) in [5.74, 6) is -0.0750. The number of rotatable bonds is 48. The standard InChI is InChI=1S/C55H103NO3/c1-3-5-7-9-11-13-15-17-19-21-23-24-25-26-27-28-29-30-31-32-33-35-37-39-41-43-45-47-49-51-55(59)56-53(52-57)54(58)50-48-46-44-42-40-38-36-34-22-20-18-16-14-12-10-8-6-4-2/h21-23,34,40,42,48,50,53-54,57-58H,3-20,24-33,35-39,41,43-47,49,51-52H2,1-2H3,(H,56,59)/b23-21-,34-22+,42-40+,50-48+. The topological polar surface area (TPSA) is 69.6 Å². The smallest absolute Gasteiger partial charge is 0.220 e. The van der Waals surface area contributed by atoms with E-state index >= 15 is 0 Å². The molecule has 0 heterocycles. The summed E-state index contributed by atoms with van der Waals surface area (Å²) in [6, 6.07) is -0.645. The van der Waals surface area contributed by atoms with Crippen molar-refractivity contribution in [2.45, 2.75) is 289 Å². The SMILES string of the molecule is CCCCCCCCCC/C=C\CCCCCCCCCCCCCCCCCCCC(=O)NC(CO)C(O)/C=C/CC/C=C/CC/C=C/CCCCCCCCCC. The van der Waals surface area contributed by atoms with Gasteiger partial charge in [-0.15, -0.1) is 0 Å². The van der Waals surface area contributed by atoms with Crippen LogP contribution in [0.15, 0.2) is 48.6 Å². The molecule has 0 aromatic rings. The fourth-order valence-corrected chi connectivity index (χ4v) is 7.97. The lowest BCUT2D eigenvalue weighted by molar-refractivity contribution is -0.123. The molecule has 0 rings (SSSR count). The van der Waals surface area contributed by atoms with Crippen LogP contribution in [0.1, 0.15) is 277 Å². The van der Waals surface area contributed by atoms with Crippen LogP contribution in [0.5, 0.6) is 0 Å². The van der Waals surface area contributed by atoms with Gasteiger partial charge < -0.3 is 15.5 Å². The monoisotopic (exact) mass is 826 g/mol. The van der Waals surface area contributed by atoms with Crippen LogP contribution in [0.4, 0.5) is 0 Å². The van der Waals surface area contributed by atoms with E-state index in [4.69, 9.17) is 0 Å². The van der Waals surface area contributed by atoms with Crippen LogP contribution in [0.25, 0.3) is 0 Å². The summed E-state index contributed by atoms with van der Waals surface area (Å²) in [5, 5.41) is 23.1. The quantitative estimate of drug-likeness (QED) is 0.0423. The van der Waals surface area contributed by atoms with Gasteiger partial charge in [-0.2, -0.15) is 0 Å². The molecule has 0 bridgehead atoms. The second-order valence-corrected chi connectivity index (χ2v) is 17.9. The number of aliphatic hydroxyl groups excluding tert-OH is 2. The molecule has 0 aliphatic carbocycles. The van der Waals surface area contributed by atoms with Gasteiger partial charge in [0.1, 0.15) is 0 Å². The highest BCUT2D eigenvalue weighted by Crippen LogP contribution is 2.16. The number of unbranched alkanes of at least 4 members (excludes halogenated alkanes) is 35. The van der Waals surface area contributed by atoms with Crippen molar-refractivity contribution in [3.63, 3.8) is 0 Å². The fourth-order valence-electron chi connectivity index (χ4n) is 7.97. The van der Waals surface area contributed by atoms with Crippen LogP contribution in [0, 0.1) is 0 Å². The van der Waals surface area contributed by atoms with Crippen LogP contribution in [-0.4, -0.2) is 34.9 Å². The highest BCUT2D eigenvalue weighted by molar-refractivity contribution is 5.76. The Morgan fingerprint density at radius 1 is 0.390 bits per heavy atom. The van der Waals surface area contributed by atoms with Gasteiger partial charge in [-0.3, -0.25) is 4.79 Å². The first-order valence-corrected chi connectivity index (χ1v) is 26.4. The largest absolute Gasteiger partial charge is 0.394 e. The molecule has 346 valence electrons. The van der Waals surface area contributed by atoms with E-state index in [0.29, 0.717) is 6.42 Å². The van der Waals surface area contributed by atoms with Crippen molar-refractivity contribution in [3.8, 4) is 0 Å². The summed E-state index contributed by atoms with van der Waals surface area (Å²) < 4.78 is 0. The van der Waals surface area contributed by atoms with Crippen LogP contribution < -0.4 is 5.32 Å². The van der Waals surface area contributed by atoms with Gasteiger partial charge >= 0.3 is 0 Å². The van der Waals surface area contributed by atoms with E-state index < -0.39 is 12.1 Å². The van der Waals surface area contributed by atoms with Crippen LogP contribution in [0.2, 0.25) is 0 Å². The highest BCUT2D eigenvalue weighted by Gasteiger charge is 2.17. The van der Waals surface area contributed by atoms with Gasteiger partial charge in [0, 0.05) is 6.42 Å². The Morgan fingerprint density at radius 3 is 0.983 bits per heavy atom. The molecule has 0 fully saturated rings. The first-order chi connectivity index (χ1) is 29.2. The van der Waals surface area contributed by atoms with E-state index in [1.807, 2.05) is 6.08 Å². The predicted octanol–water partition coefficient (Wildman–Crippen LogP) is 17.1. The zero-order chi connectivity index (χ0) is 42.8. The maximum absolute atomic E-state index is 12.4. The van der Waals surface area contributed by atoms with Gasteiger partial charge in [-0.05, 0) is 70.6 Å². The summed E-state index contributed by atoms with van der Waals surface area (Å²) in [4.78, 5) is 12.4. The number of hydrogen-bond donors (Lipinski definition) is 3. The first-order valence-electron chi connectivity index (χ1n) is 26.4. The van der Waals surface area contributed by atoms with E-state index in [-0.39, 0.29) is 12.5 Å². The number of carbonyl (C=O) groups excluding carboxylic acids is 1. The molecule has 0 aromatic carbocycles. The average Bonchev–Trinajstić information content (AvgIpc) is 3.24. The number of aliphatic hydroxyl groups is 2. The summed E-state index contributed by atoms with van der Waals surface area (Å²) in [5.41, 5.74) is 0. The fraction of sp³-hybridized carbons (Fsp3) is 0.836. The van der Waals surface area contributed by atoms with E-state index in [0.717, 1.165) is 38.5 Å². The van der Waals surface area contributed by atoms with Crippen LogP contribution in [-0.2, 0) is 4.79 Å². The van der Waals surface area contributed by atoms with Crippen LogP contribution >= 0.6 is 0 Å². The third-order valence-electron chi connectivity index (χ3n) is 12.0. The molecule has 4 heteroatoms. The maximum Gasteiger partial charge on any atom is 0.220 e. The van der Waals surface area contributed by atoms with E-state index in [2.05, 4.69) is 55.6 Å². The van der Waals surface area contributed by atoms with Crippen molar-refractivity contribution in [1.82, 2.24) is 5.32 Å². The second-order valence-electron chi connectivity index (χ2n) is 17.9. The Labute approximate surface area is 369 Å². The molecule has 4 nitrogen and oxygen atoms in total. The third kappa shape index (κ3) is 47.3. The van der Waals surface area contributed by atoms with Crippen molar-refractivity contribution >= 4 is 5.91 Å². The molecular formula is C55H103NO3. The molecule has 0 aliphatic rings. The number of amides is 1. The van der Waals surface area contributed by atoms with Gasteiger partial charge in [0.05, 0.1) is 18.8 Å². The van der Waals surface area contributed by atoms with Crippen molar-refractivity contribution in [2.75, 3.05) is 6.61 Å². The molecule has 0 radical (unpaired) electrons. The van der Waals surface area contributed by atoms with Gasteiger partial charge in [-0.25, -0.2) is 0 Å². The zero-order valence-corrected chi connectivity index (χ0v) is 39.8. The van der Waals surface area contributed by atoms with E-state index in [1.165, 1.54) is 218 Å². The van der Waals surface area contributed by atoms with Gasteiger partial charge in [0.15, 0.2) is 0 Å². The molecule has 3 N–H and O–H groups in total. The average molecular weight is 826 g/mol. The summed E-state index contributed by atoms with van der Waals surface area (Å²) in [7, 11) is 0. The number of nitrogens with one attached hydrogen (secondary N) is 1. The molecule has 59 heavy (non-hydrogen) atoms.